The van der Waals surface area contributed by atoms with Crippen LogP contribution in [0.3, 0.4) is 0 Å². The number of anilines is 1. The highest BCUT2D eigenvalue weighted by Gasteiger charge is 2.20. The van der Waals surface area contributed by atoms with Crippen molar-refractivity contribution in [1.29, 1.82) is 0 Å². The van der Waals surface area contributed by atoms with Crippen molar-refractivity contribution in [3.8, 4) is 0 Å². The maximum atomic E-state index is 12.3. The molecule has 0 aliphatic carbocycles. The molecule has 2 aromatic rings. The Bertz CT molecular complexity index is 762. The third-order valence-corrected chi connectivity index (χ3v) is 3.66. The zero-order valence-corrected chi connectivity index (χ0v) is 14.6. The second-order valence-electron chi connectivity index (χ2n) is 5.70. The molecule has 136 valence electrons. The summed E-state index contributed by atoms with van der Waals surface area (Å²) in [5.74, 6) is -0.228. The van der Waals surface area contributed by atoms with E-state index < -0.39 is 11.9 Å². The molecule has 8 nitrogen and oxygen atoms in total. The smallest absolute Gasteiger partial charge is 0.291 e. The topological polar surface area (TPSA) is 117 Å². The lowest BCUT2D eigenvalue weighted by Gasteiger charge is -2.16. The average molecular weight is 356 g/mol. The van der Waals surface area contributed by atoms with Crippen molar-refractivity contribution in [2.45, 2.75) is 25.9 Å². The number of hydrogen-bond acceptors (Lipinski definition) is 5. The number of aromatic nitrogens is 2. The van der Waals surface area contributed by atoms with Crippen LogP contribution in [0.25, 0.3) is 6.08 Å². The summed E-state index contributed by atoms with van der Waals surface area (Å²) >= 11 is 0. The first-order valence-corrected chi connectivity index (χ1v) is 8.11. The molecule has 0 saturated heterocycles. The highest BCUT2D eigenvalue weighted by molar-refractivity contribution is 5.90. The molecule has 26 heavy (non-hydrogen) atoms. The molecule has 0 radical (unpaired) electrons. The van der Waals surface area contributed by atoms with Gasteiger partial charge in [0.1, 0.15) is 18.1 Å². The van der Waals surface area contributed by atoms with Crippen molar-refractivity contribution < 1.29 is 19.8 Å². The second kappa shape index (κ2) is 9.28. The van der Waals surface area contributed by atoms with Crippen LogP contribution in [-0.2, 0) is 9.59 Å². The van der Waals surface area contributed by atoms with Crippen LogP contribution in [0.15, 0.2) is 48.8 Å². The summed E-state index contributed by atoms with van der Waals surface area (Å²) in [6, 6.07) is 9.15. The number of hydrogen-bond donors (Lipinski definition) is 4. The summed E-state index contributed by atoms with van der Waals surface area (Å²) in [7, 11) is 0. The summed E-state index contributed by atoms with van der Waals surface area (Å²) < 4.78 is 0. The van der Waals surface area contributed by atoms with Gasteiger partial charge in [-0.2, -0.15) is 0 Å². The van der Waals surface area contributed by atoms with Gasteiger partial charge in [0.15, 0.2) is 6.04 Å². The highest BCUT2D eigenvalue weighted by Crippen LogP contribution is 2.11. The van der Waals surface area contributed by atoms with Crippen LogP contribution in [0.5, 0.6) is 0 Å². The summed E-state index contributed by atoms with van der Waals surface area (Å²) in [5, 5.41) is 14.4. The van der Waals surface area contributed by atoms with Gasteiger partial charge >= 0.3 is 0 Å². The number of rotatable bonds is 7. The van der Waals surface area contributed by atoms with Gasteiger partial charge < -0.3 is 5.32 Å². The molecule has 2 amide bonds. The number of nitrogens with zero attached hydrogens (tertiary/aromatic N) is 1. The molecule has 2 atom stereocenters. The number of carbonyl (C=O) groups excluding carboxylic acids is 2. The first kappa shape index (κ1) is 19.1. The van der Waals surface area contributed by atoms with E-state index >= 15 is 0 Å². The SMILES string of the molecule is C[C@H](NC(=O)[C@@H](C)Nc1cnc(/C=C/C(=O)NO)c[nH+]1)c1ccccc1. The van der Waals surface area contributed by atoms with Gasteiger partial charge in [0.05, 0.1) is 6.04 Å². The lowest BCUT2D eigenvalue weighted by atomic mass is 10.1. The fourth-order valence-electron chi connectivity index (χ4n) is 2.20. The number of amides is 2. The molecule has 8 heteroatoms. The largest absolute Gasteiger partial charge is 0.346 e. The summed E-state index contributed by atoms with van der Waals surface area (Å²) in [4.78, 5) is 30.3. The van der Waals surface area contributed by atoms with E-state index in [2.05, 4.69) is 20.6 Å². The second-order valence-corrected chi connectivity index (χ2v) is 5.70. The molecular formula is C18H22N5O3+. The molecule has 0 unspecified atom stereocenters. The molecule has 1 aromatic carbocycles. The monoisotopic (exact) mass is 356 g/mol. The Hall–Kier alpha value is -3.26. The Kier molecular flexibility index (Phi) is 6.81. The zero-order chi connectivity index (χ0) is 18.9. The van der Waals surface area contributed by atoms with E-state index in [-0.39, 0.29) is 11.9 Å². The first-order chi connectivity index (χ1) is 12.5. The Morgan fingerprint density at radius 3 is 2.58 bits per heavy atom. The van der Waals surface area contributed by atoms with E-state index in [0.29, 0.717) is 11.5 Å². The van der Waals surface area contributed by atoms with Crippen LogP contribution in [0.1, 0.15) is 31.1 Å². The minimum Gasteiger partial charge on any atom is -0.346 e. The predicted molar refractivity (Wildman–Crippen MR) is 95.8 cm³/mol. The molecular weight excluding hydrogens is 334 g/mol. The molecule has 1 heterocycles. The van der Waals surface area contributed by atoms with Gasteiger partial charge in [-0.15, -0.1) is 0 Å². The molecule has 0 spiro atoms. The van der Waals surface area contributed by atoms with Crippen molar-refractivity contribution in [2.75, 3.05) is 5.32 Å². The van der Waals surface area contributed by atoms with Crippen LogP contribution in [0.4, 0.5) is 5.82 Å². The molecule has 1 aromatic heterocycles. The fourth-order valence-corrected chi connectivity index (χ4v) is 2.20. The lowest BCUT2D eigenvalue weighted by molar-refractivity contribution is -0.362. The maximum absolute atomic E-state index is 12.3. The predicted octanol–water partition coefficient (Wildman–Crippen LogP) is 1.09. The minimum absolute atomic E-state index is 0.0970. The number of benzene rings is 1. The number of aromatic amines is 1. The number of nitrogens with one attached hydrogen (secondary N) is 4. The Balaban J connectivity index is 1.90. The minimum atomic E-state index is -0.646. The van der Waals surface area contributed by atoms with Gasteiger partial charge in [-0.3, -0.25) is 20.1 Å². The fraction of sp³-hybridized carbons (Fsp3) is 0.222. The van der Waals surface area contributed by atoms with Crippen molar-refractivity contribution in [1.82, 2.24) is 15.8 Å². The van der Waals surface area contributed by atoms with Gasteiger partial charge in [0, 0.05) is 6.08 Å². The van der Waals surface area contributed by atoms with Gasteiger partial charge in [-0.05, 0) is 25.5 Å². The average Bonchev–Trinajstić information content (AvgIpc) is 2.67. The summed E-state index contributed by atoms with van der Waals surface area (Å²) in [5.41, 5.74) is 3.02. The molecule has 0 bridgehead atoms. The number of hydroxylamine groups is 1. The quantitative estimate of drug-likeness (QED) is 0.337. The van der Waals surface area contributed by atoms with E-state index in [1.807, 2.05) is 37.3 Å². The van der Waals surface area contributed by atoms with Crippen LogP contribution in [-0.4, -0.2) is 28.0 Å². The van der Waals surface area contributed by atoms with Crippen LogP contribution >= 0.6 is 0 Å². The van der Waals surface area contributed by atoms with Gasteiger partial charge in [-0.25, -0.2) is 15.4 Å². The van der Waals surface area contributed by atoms with E-state index in [9.17, 15) is 9.59 Å². The van der Waals surface area contributed by atoms with Gasteiger partial charge in [0.25, 0.3) is 17.6 Å². The van der Waals surface area contributed by atoms with Crippen molar-refractivity contribution in [3.63, 3.8) is 0 Å². The van der Waals surface area contributed by atoms with E-state index in [1.54, 1.807) is 13.1 Å². The zero-order valence-electron chi connectivity index (χ0n) is 14.6. The molecule has 0 aliphatic heterocycles. The van der Waals surface area contributed by atoms with Crippen molar-refractivity contribution in [3.05, 3.63) is 60.1 Å². The first-order valence-electron chi connectivity index (χ1n) is 8.11. The molecule has 5 N–H and O–H groups in total. The van der Waals surface area contributed by atoms with Gasteiger partial charge in [-0.1, -0.05) is 30.3 Å². The third kappa shape index (κ3) is 5.67. The molecule has 2 rings (SSSR count). The van der Waals surface area contributed by atoms with E-state index in [1.165, 1.54) is 17.8 Å². The Morgan fingerprint density at radius 2 is 1.96 bits per heavy atom. The van der Waals surface area contributed by atoms with Crippen LogP contribution in [0, 0.1) is 0 Å². The normalized spacial score (nSPS) is 13.0. The molecule has 0 fully saturated rings. The molecule has 0 saturated carbocycles. The standard InChI is InChI=1S/C18H21N5O3/c1-12(14-6-4-3-5-7-14)22-18(25)13(2)21-16-11-19-15(10-20-16)8-9-17(24)23-26/h3-13,26H,1-2H3,(H,20,21)(H,22,25)(H,23,24)/p+1/b9-8+/t12-,13+/m0/s1. The maximum Gasteiger partial charge on any atom is 0.291 e. The number of carbonyl (C=O) groups is 2. The number of H-pyrrole nitrogens is 1. The van der Waals surface area contributed by atoms with Crippen molar-refractivity contribution in [2.24, 2.45) is 0 Å². The summed E-state index contributed by atoms with van der Waals surface area (Å²) in [6.45, 7) is 3.68. The van der Waals surface area contributed by atoms with E-state index in [4.69, 9.17) is 5.21 Å². The molecule has 0 aliphatic rings. The lowest BCUT2D eigenvalue weighted by Crippen LogP contribution is -2.40. The Labute approximate surface area is 151 Å². The highest BCUT2D eigenvalue weighted by atomic mass is 16.5. The van der Waals surface area contributed by atoms with E-state index in [0.717, 1.165) is 11.6 Å². The van der Waals surface area contributed by atoms with Crippen molar-refractivity contribution >= 4 is 23.7 Å². The van der Waals surface area contributed by atoms with Crippen LogP contribution < -0.4 is 21.1 Å². The Morgan fingerprint density at radius 1 is 1.23 bits per heavy atom. The third-order valence-electron chi connectivity index (χ3n) is 3.66. The summed E-state index contributed by atoms with van der Waals surface area (Å²) in [6.07, 6.45) is 5.66. The van der Waals surface area contributed by atoms with Crippen LogP contribution in [0.2, 0.25) is 0 Å². The van der Waals surface area contributed by atoms with Gasteiger partial charge in [0.2, 0.25) is 0 Å².